The zero-order valence-electron chi connectivity index (χ0n) is 38.7. The summed E-state index contributed by atoms with van der Waals surface area (Å²) in [5.74, 6) is 1.84. The molecule has 0 radical (unpaired) electrons. The number of thioether (sulfide) groups is 1. The summed E-state index contributed by atoms with van der Waals surface area (Å²) < 4.78 is 4.65. The van der Waals surface area contributed by atoms with Crippen LogP contribution in [0.2, 0.25) is 0 Å². The van der Waals surface area contributed by atoms with E-state index in [4.69, 9.17) is 0 Å². The molecule has 3 atom stereocenters. The summed E-state index contributed by atoms with van der Waals surface area (Å²) in [4.78, 5) is 12.2. The molecule has 6 heterocycles. The van der Waals surface area contributed by atoms with Gasteiger partial charge < -0.3 is 25.9 Å². The molecule has 6 aliphatic heterocycles. The van der Waals surface area contributed by atoms with E-state index in [0.29, 0.717) is 18.0 Å². The summed E-state index contributed by atoms with van der Waals surface area (Å²) in [5.41, 5.74) is 10.6. The van der Waals surface area contributed by atoms with Crippen molar-refractivity contribution >= 4 is 48.6 Å². The van der Waals surface area contributed by atoms with Gasteiger partial charge in [0.2, 0.25) is 0 Å². The maximum atomic E-state index is 4.65. The molecule has 11 nitrogen and oxygen atoms in total. The third kappa shape index (κ3) is 86.2. The fraction of sp³-hybridized carbons (Fsp3) is 0.850. The second-order valence-electron chi connectivity index (χ2n) is 7.79. The summed E-state index contributed by atoms with van der Waals surface area (Å²) in [5, 5.41) is 14.9. The molecule has 6 rings (SSSR count). The monoisotopic (exact) mass is 766 g/mol. The zero-order valence-corrected chi connectivity index (χ0v) is 39.5. The van der Waals surface area contributed by atoms with Crippen molar-refractivity contribution in [3.05, 3.63) is 0 Å². The first kappa shape index (κ1) is 70.9. The van der Waals surface area contributed by atoms with Crippen LogP contribution in [0.4, 0.5) is 0 Å². The van der Waals surface area contributed by atoms with E-state index in [2.05, 4.69) is 77.1 Å². The molecule has 0 saturated heterocycles. The van der Waals surface area contributed by atoms with Crippen molar-refractivity contribution in [3.63, 3.8) is 0 Å². The molecule has 0 aromatic carbocycles. The lowest BCUT2D eigenvalue weighted by atomic mass is 10.2. The molecule has 3 N–H and O–H groups in total. The topological polar surface area (TPSA) is 129 Å². The summed E-state index contributed by atoms with van der Waals surface area (Å²) in [6.07, 6.45) is 13.4. The number of nitrogens with zero attached hydrogens (tertiary/aromatic N) is 6. The van der Waals surface area contributed by atoms with Gasteiger partial charge in [-0.2, -0.15) is 15.3 Å². The van der Waals surface area contributed by atoms with Gasteiger partial charge >= 0.3 is 0 Å². The van der Waals surface area contributed by atoms with Gasteiger partial charge in [-0.15, -0.1) is 11.8 Å². The molecule has 0 aliphatic carbocycles. The van der Waals surface area contributed by atoms with Gasteiger partial charge in [-0.05, 0) is 26.7 Å². The molecule has 0 aromatic rings. The highest BCUT2D eigenvalue weighted by Crippen LogP contribution is 2.00. The molecule has 0 aromatic heterocycles. The van der Waals surface area contributed by atoms with Crippen molar-refractivity contribution in [2.24, 2.45) is 36.4 Å². The molecule has 0 spiro atoms. The van der Waals surface area contributed by atoms with Crippen LogP contribution in [0.15, 0.2) is 30.4 Å². The normalized spacial score (nSPS) is 17.8. The van der Waals surface area contributed by atoms with Crippen LogP contribution in [-0.2, 0) is 9.57 Å². The van der Waals surface area contributed by atoms with Crippen LogP contribution in [-0.4, -0.2) is 87.5 Å². The second kappa shape index (κ2) is 91.9. The average Bonchev–Trinajstić information content (AvgIpc) is 4.11. The second-order valence-corrected chi connectivity index (χ2v) is 8.74. The molecule has 52 heavy (non-hydrogen) atoms. The molecule has 12 heteroatoms. The number of oxime groups is 1. The van der Waals surface area contributed by atoms with Crippen LogP contribution in [0.1, 0.15) is 171 Å². The van der Waals surface area contributed by atoms with Crippen LogP contribution in [0, 0.1) is 5.92 Å². The van der Waals surface area contributed by atoms with Crippen LogP contribution in [0.3, 0.4) is 0 Å². The molecule has 0 amide bonds. The Morgan fingerprint density at radius 3 is 1.29 bits per heavy atom. The summed E-state index contributed by atoms with van der Waals surface area (Å²) in [6.45, 7) is 46.8. The van der Waals surface area contributed by atoms with Gasteiger partial charge in [0, 0.05) is 74.5 Å². The Balaban J connectivity index is -0.0000000562. The Morgan fingerprint density at radius 2 is 1.15 bits per heavy atom. The van der Waals surface area contributed by atoms with Crippen molar-refractivity contribution in [1.82, 2.24) is 16.3 Å². The highest BCUT2D eigenvalue weighted by atomic mass is 32.2. The molecule has 0 saturated carbocycles. The van der Waals surface area contributed by atoms with Crippen LogP contribution in [0.5, 0.6) is 0 Å². The smallest absolute Gasteiger partial charge is 0.169 e. The lowest BCUT2D eigenvalue weighted by Gasteiger charge is -2.12. The maximum Gasteiger partial charge on any atom is 0.169 e. The van der Waals surface area contributed by atoms with Gasteiger partial charge in [0.25, 0.3) is 0 Å². The Hall–Kier alpha value is -2.63. The third-order valence-corrected chi connectivity index (χ3v) is 4.97. The van der Waals surface area contributed by atoms with E-state index in [1.54, 1.807) is 18.0 Å². The fourth-order valence-corrected chi connectivity index (χ4v) is 2.82. The minimum Gasteiger partial charge on any atom is -0.482 e. The maximum absolute atomic E-state index is 4.65. The molecular weight excluding hydrogens is 671 g/mol. The van der Waals surface area contributed by atoms with Crippen LogP contribution in [0.25, 0.3) is 0 Å². The number of hydrogen-bond donors (Lipinski definition) is 3. The predicted molar refractivity (Wildman–Crippen MR) is 248 cm³/mol. The standard InChI is InChI=1S/C5H10N2.2C4H8N2.2C3H5NO.C3H5NS.9C2H6/c1-5-3-2-4-6-7-5;1-4-2-5-6-3-4;1-4-2-3-5-6-4;1-2-5-3-4-1;1-2-4-5-3-1;1-2-5-3-4-1;9*1-2/h4-5,7H,2-3H2,1H3;2,4,6H,3H2,1H3;3-4,6H,2H2,1H3;3H,1-2H2;2H,1,3H2;3H,1-2H2;9*1-2H3. The first-order valence-corrected chi connectivity index (χ1v) is 21.9. The summed E-state index contributed by atoms with van der Waals surface area (Å²) in [7, 11) is 0. The first-order chi connectivity index (χ1) is 25.7. The Labute approximate surface area is 331 Å². The molecule has 318 valence electrons. The molecule has 0 fully saturated rings. The SMILES string of the molecule is C1=NCCO1.C1=NCCS1.C1=NOCC1.CC.CC.CC.CC.CC.CC.CC.CC.CC.CC1C=NNC1.CC1CC=NN1.CC1CCC=NN1. The van der Waals surface area contributed by atoms with E-state index in [1.807, 2.05) is 149 Å². The van der Waals surface area contributed by atoms with Crippen molar-refractivity contribution in [3.8, 4) is 0 Å². The van der Waals surface area contributed by atoms with Crippen molar-refractivity contribution in [1.29, 1.82) is 0 Å². The van der Waals surface area contributed by atoms with Crippen molar-refractivity contribution in [2.45, 2.75) is 183 Å². The molecule has 3 unspecified atom stereocenters. The minimum atomic E-state index is 0.574. The van der Waals surface area contributed by atoms with Crippen LogP contribution >= 0.6 is 11.8 Å². The fourth-order valence-electron chi connectivity index (χ4n) is 2.30. The highest BCUT2D eigenvalue weighted by molar-refractivity contribution is 8.12. The van der Waals surface area contributed by atoms with E-state index in [9.17, 15) is 0 Å². The van der Waals surface area contributed by atoms with E-state index < -0.39 is 0 Å². The Kier molecular flexibility index (Phi) is 125. The van der Waals surface area contributed by atoms with Crippen molar-refractivity contribution in [2.75, 3.05) is 38.6 Å². The van der Waals surface area contributed by atoms with E-state index in [0.717, 1.165) is 52.1 Å². The average molecular weight is 766 g/mol. The summed E-state index contributed by atoms with van der Waals surface area (Å²) in [6, 6.07) is 1.16. The van der Waals surface area contributed by atoms with Gasteiger partial charge in [0.15, 0.2) is 6.40 Å². The largest absolute Gasteiger partial charge is 0.482 e. The number of hydrazone groups is 3. The van der Waals surface area contributed by atoms with E-state index >= 15 is 0 Å². The van der Waals surface area contributed by atoms with Gasteiger partial charge in [0.1, 0.15) is 13.2 Å². The van der Waals surface area contributed by atoms with E-state index in [-0.39, 0.29) is 0 Å². The molecular formula is C40H95N9O2S. The Bertz CT molecular complexity index is 601. The number of aliphatic imine (C=N–C) groups is 2. The number of nitrogens with one attached hydrogen (secondary N) is 3. The zero-order chi connectivity index (χ0) is 42.5. The Morgan fingerprint density at radius 1 is 0.596 bits per heavy atom. The van der Waals surface area contributed by atoms with Gasteiger partial charge in [0.05, 0.1) is 12.1 Å². The lowest BCUT2D eigenvalue weighted by molar-refractivity contribution is 0.174. The lowest BCUT2D eigenvalue weighted by Crippen LogP contribution is -2.23. The molecule has 0 bridgehead atoms. The van der Waals surface area contributed by atoms with Gasteiger partial charge in [-0.3, -0.25) is 9.98 Å². The van der Waals surface area contributed by atoms with Gasteiger partial charge in [-0.25, -0.2) is 0 Å². The number of ether oxygens (including phenoxy) is 1. The van der Waals surface area contributed by atoms with Gasteiger partial charge in [-0.1, -0.05) is 137 Å². The third-order valence-electron chi connectivity index (χ3n) is 4.26. The van der Waals surface area contributed by atoms with Crippen molar-refractivity contribution < 1.29 is 9.57 Å². The van der Waals surface area contributed by atoms with E-state index in [1.165, 1.54) is 18.6 Å². The number of hydrogen-bond acceptors (Lipinski definition) is 12. The number of rotatable bonds is 0. The quantitative estimate of drug-likeness (QED) is 0.225. The summed E-state index contributed by atoms with van der Waals surface area (Å²) >= 11 is 1.78. The molecule has 6 aliphatic rings. The highest BCUT2D eigenvalue weighted by Gasteiger charge is 2.00. The predicted octanol–water partition coefficient (Wildman–Crippen LogP) is 11.7. The van der Waals surface area contributed by atoms with Crippen LogP contribution < -0.4 is 16.3 Å². The minimum absolute atomic E-state index is 0.574. The first-order valence-electron chi connectivity index (χ1n) is 20.8.